The van der Waals surface area contributed by atoms with Gasteiger partial charge in [0.1, 0.15) is 12.2 Å². The van der Waals surface area contributed by atoms with E-state index in [9.17, 15) is 0 Å². The zero-order valence-electron chi connectivity index (χ0n) is 11.0. The van der Waals surface area contributed by atoms with Crippen LogP contribution in [0.4, 0.5) is 5.69 Å². The van der Waals surface area contributed by atoms with Gasteiger partial charge < -0.3 is 10.6 Å². The van der Waals surface area contributed by atoms with Gasteiger partial charge in [-0.3, -0.25) is 4.68 Å². The maximum absolute atomic E-state index is 6.22. The Balaban J connectivity index is 2.16. The number of anilines is 1. The molecule has 0 amide bonds. The Morgan fingerprint density at radius 2 is 2.17 bits per heavy atom. The molecule has 0 bridgehead atoms. The van der Waals surface area contributed by atoms with Gasteiger partial charge in [-0.05, 0) is 17.7 Å². The van der Waals surface area contributed by atoms with E-state index in [0.29, 0.717) is 6.42 Å². The van der Waals surface area contributed by atoms with Crippen LogP contribution in [0, 0.1) is 0 Å². The maximum Gasteiger partial charge on any atom is 0.138 e. The van der Waals surface area contributed by atoms with Gasteiger partial charge in [0.05, 0.1) is 0 Å². The first kappa shape index (κ1) is 12.6. The lowest BCUT2D eigenvalue weighted by Gasteiger charge is -2.16. The van der Waals surface area contributed by atoms with Gasteiger partial charge in [0.25, 0.3) is 0 Å². The molecule has 0 aliphatic rings. The topological polar surface area (TPSA) is 60.0 Å². The minimum atomic E-state index is -0.0622. The van der Waals surface area contributed by atoms with E-state index in [1.165, 1.54) is 0 Å². The van der Waals surface area contributed by atoms with Crippen molar-refractivity contribution in [2.75, 3.05) is 19.0 Å². The van der Waals surface area contributed by atoms with E-state index in [2.05, 4.69) is 27.1 Å². The van der Waals surface area contributed by atoms with Crippen molar-refractivity contribution in [2.45, 2.75) is 12.5 Å². The Morgan fingerprint density at radius 3 is 2.78 bits per heavy atom. The van der Waals surface area contributed by atoms with Crippen LogP contribution in [0.25, 0.3) is 0 Å². The highest BCUT2D eigenvalue weighted by molar-refractivity contribution is 5.47. The molecule has 1 atom stereocenters. The lowest BCUT2D eigenvalue weighted by molar-refractivity contribution is 0.629. The highest BCUT2D eigenvalue weighted by Gasteiger charge is 2.11. The van der Waals surface area contributed by atoms with Gasteiger partial charge >= 0.3 is 0 Å². The third-order valence-corrected chi connectivity index (χ3v) is 3.02. The molecule has 0 spiro atoms. The number of aromatic nitrogens is 3. The summed E-state index contributed by atoms with van der Waals surface area (Å²) in [6.45, 7) is 0. The largest absolute Gasteiger partial charge is 0.378 e. The molecule has 1 unspecified atom stereocenters. The Labute approximate surface area is 107 Å². The Hall–Kier alpha value is -1.88. The number of hydrogen-bond donors (Lipinski definition) is 1. The third-order valence-electron chi connectivity index (χ3n) is 3.02. The van der Waals surface area contributed by atoms with Crippen molar-refractivity contribution in [1.82, 2.24) is 14.8 Å². The Bertz CT molecular complexity index is 518. The van der Waals surface area contributed by atoms with Crippen molar-refractivity contribution in [3.8, 4) is 0 Å². The van der Waals surface area contributed by atoms with Crippen LogP contribution in [0.3, 0.4) is 0 Å². The van der Waals surface area contributed by atoms with Crippen molar-refractivity contribution in [3.05, 3.63) is 42.0 Å². The molecule has 0 saturated carbocycles. The summed E-state index contributed by atoms with van der Waals surface area (Å²) in [5.41, 5.74) is 8.49. The molecular formula is C13H19N5. The molecule has 1 heterocycles. The van der Waals surface area contributed by atoms with Crippen LogP contribution in [0.1, 0.15) is 17.4 Å². The molecule has 5 nitrogen and oxygen atoms in total. The average Bonchev–Trinajstić information content (AvgIpc) is 2.75. The number of rotatable bonds is 4. The van der Waals surface area contributed by atoms with E-state index >= 15 is 0 Å². The molecule has 2 rings (SSSR count). The highest BCUT2D eigenvalue weighted by atomic mass is 15.3. The molecule has 18 heavy (non-hydrogen) atoms. The van der Waals surface area contributed by atoms with Crippen LogP contribution in [-0.4, -0.2) is 28.9 Å². The number of benzene rings is 1. The van der Waals surface area contributed by atoms with Crippen LogP contribution < -0.4 is 10.6 Å². The maximum atomic E-state index is 6.22. The Kier molecular flexibility index (Phi) is 3.62. The SMILES string of the molecule is CN(C)c1cccc(C(N)Cc2ncnn2C)c1. The molecule has 5 heteroatoms. The summed E-state index contributed by atoms with van der Waals surface area (Å²) in [5.74, 6) is 0.901. The smallest absolute Gasteiger partial charge is 0.138 e. The molecule has 0 radical (unpaired) electrons. The fourth-order valence-electron chi connectivity index (χ4n) is 1.85. The van der Waals surface area contributed by atoms with E-state index < -0.39 is 0 Å². The normalized spacial score (nSPS) is 12.4. The van der Waals surface area contributed by atoms with Crippen molar-refractivity contribution in [1.29, 1.82) is 0 Å². The van der Waals surface area contributed by atoms with Crippen molar-refractivity contribution in [3.63, 3.8) is 0 Å². The fraction of sp³-hybridized carbons (Fsp3) is 0.385. The van der Waals surface area contributed by atoms with Crippen molar-refractivity contribution in [2.24, 2.45) is 12.8 Å². The van der Waals surface area contributed by atoms with Crippen LogP contribution in [0.5, 0.6) is 0 Å². The minimum absolute atomic E-state index is 0.0622. The summed E-state index contributed by atoms with van der Waals surface area (Å²) in [4.78, 5) is 6.27. The number of nitrogens with zero attached hydrogens (tertiary/aromatic N) is 4. The minimum Gasteiger partial charge on any atom is -0.378 e. The highest BCUT2D eigenvalue weighted by Crippen LogP contribution is 2.20. The van der Waals surface area contributed by atoms with Crippen LogP contribution in [-0.2, 0) is 13.5 Å². The molecule has 1 aromatic carbocycles. The lowest BCUT2D eigenvalue weighted by Crippen LogP contribution is -2.17. The fourth-order valence-corrected chi connectivity index (χ4v) is 1.85. The zero-order chi connectivity index (χ0) is 13.1. The van der Waals surface area contributed by atoms with Gasteiger partial charge in [0, 0.05) is 39.3 Å². The first-order valence-electron chi connectivity index (χ1n) is 5.93. The summed E-state index contributed by atoms with van der Waals surface area (Å²) in [6, 6.07) is 8.20. The van der Waals surface area contributed by atoms with Gasteiger partial charge in [-0.15, -0.1) is 0 Å². The molecule has 0 saturated heterocycles. The lowest BCUT2D eigenvalue weighted by atomic mass is 10.0. The van der Waals surface area contributed by atoms with Crippen LogP contribution in [0.2, 0.25) is 0 Å². The van der Waals surface area contributed by atoms with Crippen LogP contribution in [0.15, 0.2) is 30.6 Å². The summed E-state index contributed by atoms with van der Waals surface area (Å²) in [5, 5.41) is 4.05. The van der Waals surface area contributed by atoms with Gasteiger partial charge in [-0.2, -0.15) is 5.10 Å². The van der Waals surface area contributed by atoms with Gasteiger partial charge in [-0.1, -0.05) is 12.1 Å². The molecule has 96 valence electrons. The Morgan fingerprint density at radius 1 is 1.39 bits per heavy atom. The van der Waals surface area contributed by atoms with E-state index in [4.69, 9.17) is 5.73 Å². The molecular weight excluding hydrogens is 226 g/mol. The third kappa shape index (κ3) is 2.68. The predicted molar refractivity (Wildman–Crippen MR) is 72.4 cm³/mol. The second-order valence-electron chi connectivity index (χ2n) is 4.60. The van der Waals surface area contributed by atoms with Crippen LogP contribution >= 0.6 is 0 Å². The average molecular weight is 245 g/mol. The summed E-state index contributed by atoms with van der Waals surface area (Å²) < 4.78 is 1.76. The monoisotopic (exact) mass is 245 g/mol. The van der Waals surface area contributed by atoms with E-state index in [1.54, 1.807) is 11.0 Å². The summed E-state index contributed by atoms with van der Waals surface area (Å²) in [6.07, 6.45) is 2.24. The van der Waals surface area contributed by atoms with Gasteiger partial charge in [0.2, 0.25) is 0 Å². The number of hydrogen-bond acceptors (Lipinski definition) is 4. The molecule has 2 N–H and O–H groups in total. The quantitative estimate of drug-likeness (QED) is 0.877. The van der Waals surface area contributed by atoms with E-state index in [0.717, 1.165) is 17.1 Å². The van der Waals surface area contributed by atoms with E-state index in [-0.39, 0.29) is 6.04 Å². The van der Waals surface area contributed by atoms with Gasteiger partial charge in [0.15, 0.2) is 0 Å². The molecule has 2 aromatic rings. The van der Waals surface area contributed by atoms with Crippen molar-refractivity contribution < 1.29 is 0 Å². The first-order chi connectivity index (χ1) is 8.58. The summed E-state index contributed by atoms with van der Waals surface area (Å²) >= 11 is 0. The molecule has 1 aromatic heterocycles. The molecule has 0 aliphatic heterocycles. The summed E-state index contributed by atoms with van der Waals surface area (Å²) in [7, 11) is 5.92. The molecule has 0 aliphatic carbocycles. The second kappa shape index (κ2) is 5.18. The number of aryl methyl sites for hydroxylation is 1. The van der Waals surface area contributed by atoms with E-state index in [1.807, 2.05) is 33.3 Å². The first-order valence-corrected chi connectivity index (χ1v) is 5.93. The molecule has 0 fully saturated rings. The second-order valence-corrected chi connectivity index (χ2v) is 4.60. The zero-order valence-corrected chi connectivity index (χ0v) is 11.0. The van der Waals surface area contributed by atoms with Crippen molar-refractivity contribution >= 4 is 5.69 Å². The van der Waals surface area contributed by atoms with Gasteiger partial charge in [-0.25, -0.2) is 4.98 Å². The number of nitrogens with two attached hydrogens (primary N) is 1. The standard InChI is InChI=1S/C13H19N5/c1-17(2)11-6-4-5-10(7-11)12(14)8-13-15-9-16-18(13)3/h4-7,9,12H,8,14H2,1-3H3. The predicted octanol–water partition coefficient (Wildman–Crippen LogP) is 1.12.